The van der Waals surface area contributed by atoms with E-state index in [2.05, 4.69) is 9.97 Å². The largest absolute Gasteiger partial charge is 0.473 e. The molecule has 2 heterocycles. The number of rotatable bonds is 5. The van der Waals surface area contributed by atoms with Crippen LogP contribution in [0.3, 0.4) is 0 Å². The highest BCUT2D eigenvalue weighted by Crippen LogP contribution is 2.35. The van der Waals surface area contributed by atoms with Crippen LogP contribution in [-0.2, 0) is 9.53 Å². The van der Waals surface area contributed by atoms with E-state index in [4.69, 9.17) is 9.47 Å². The van der Waals surface area contributed by atoms with Gasteiger partial charge in [0.2, 0.25) is 5.82 Å². The quantitative estimate of drug-likeness (QED) is 0.453. The molecule has 1 fully saturated rings. The van der Waals surface area contributed by atoms with Gasteiger partial charge in [-0.15, -0.1) is 0 Å². The molecule has 0 unspecified atom stereocenters. The van der Waals surface area contributed by atoms with Gasteiger partial charge in [0.1, 0.15) is 6.33 Å². The van der Waals surface area contributed by atoms with Gasteiger partial charge in [-0.25, -0.2) is 4.98 Å². The van der Waals surface area contributed by atoms with Crippen molar-refractivity contribution in [3.8, 4) is 5.88 Å². The standard InChI is InChI=1S/C13H18N4O5/c1-3-22-12-10(17(19)20)11(14-8-15-12)16-6-4-9(5-7-16)13(18)21-2/h8-9H,3-7H2,1-2H3. The Kier molecular flexibility index (Phi) is 5.08. The van der Waals surface area contributed by atoms with Gasteiger partial charge in [-0.1, -0.05) is 0 Å². The first-order chi connectivity index (χ1) is 10.6. The summed E-state index contributed by atoms with van der Waals surface area (Å²) in [6, 6.07) is 0. The van der Waals surface area contributed by atoms with Gasteiger partial charge in [0.25, 0.3) is 5.88 Å². The molecule has 0 radical (unpaired) electrons. The smallest absolute Gasteiger partial charge is 0.372 e. The third-order valence-corrected chi connectivity index (χ3v) is 3.56. The zero-order chi connectivity index (χ0) is 16.1. The van der Waals surface area contributed by atoms with Crippen LogP contribution in [0.1, 0.15) is 19.8 Å². The molecule has 22 heavy (non-hydrogen) atoms. The molecule has 120 valence electrons. The zero-order valence-corrected chi connectivity index (χ0v) is 12.5. The summed E-state index contributed by atoms with van der Waals surface area (Å²) in [7, 11) is 1.36. The molecule has 2 rings (SSSR count). The van der Waals surface area contributed by atoms with Crippen LogP contribution in [-0.4, -0.2) is 47.7 Å². The fourth-order valence-corrected chi connectivity index (χ4v) is 2.48. The molecule has 0 saturated carbocycles. The molecular formula is C13H18N4O5. The second-order valence-corrected chi connectivity index (χ2v) is 4.83. The highest BCUT2D eigenvalue weighted by atomic mass is 16.6. The second-order valence-electron chi connectivity index (χ2n) is 4.83. The molecule has 0 aliphatic carbocycles. The highest BCUT2D eigenvalue weighted by Gasteiger charge is 2.32. The Balaban J connectivity index is 2.21. The number of esters is 1. The normalized spacial score (nSPS) is 15.5. The first kappa shape index (κ1) is 15.9. The summed E-state index contributed by atoms with van der Waals surface area (Å²) in [6.45, 7) is 2.99. The highest BCUT2D eigenvalue weighted by molar-refractivity contribution is 5.73. The van der Waals surface area contributed by atoms with Crippen molar-refractivity contribution in [3.05, 3.63) is 16.4 Å². The molecule has 1 aliphatic rings. The average Bonchev–Trinajstić information content (AvgIpc) is 2.54. The van der Waals surface area contributed by atoms with Crippen molar-refractivity contribution in [2.75, 3.05) is 31.7 Å². The number of carbonyl (C=O) groups is 1. The van der Waals surface area contributed by atoms with E-state index in [1.807, 2.05) is 0 Å². The van der Waals surface area contributed by atoms with Crippen molar-refractivity contribution in [1.29, 1.82) is 0 Å². The lowest BCUT2D eigenvalue weighted by molar-refractivity contribution is -0.385. The van der Waals surface area contributed by atoms with E-state index in [0.29, 0.717) is 25.9 Å². The molecular weight excluding hydrogens is 292 g/mol. The van der Waals surface area contributed by atoms with E-state index in [1.165, 1.54) is 13.4 Å². The molecule has 1 aromatic rings. The molecule has 0 bridgehead atoms. The van der Waals surface area contributed by atoms with Gasteiger partial charge in [0.15, 0.2) is 0 Å². The van der Waals surface area contributed by atoms with Crippen molar-refractivity contribution in [1.82, 2.24) is 9.97 Å². The van der Waals surface area contributed by atoms with Gasteiger partial charge in [-0.2, -0.15) is 4.98 Å². The van der Waals surface area contributed by atoms with Crippen LogP contribution in [0.2, 0.25) is 0 Å². The topological polar surface area (TPSA) is 108 Å². The molecule has 1 aliphatic heterocycles. The predicted octanol–water partition coefficient (Wildman–Crippen LogP) is 1.17. The Labute approximate surface area is 127 Å². The number of piperidine rings is 1. The van der Waals surface area contributed by atoms with E-state index in [9.17, 15) is 14.9 Å². The number of anilines is 1. The van der Waals surface area contributed by atoms with Crippen LogP contribution in [0.25, 0.3) is 0 Å². The Morgan fingerprint density at radius 3 is 2.68 bits per heavy atom. The van der Waals surface area contributed by atoms with E-state index < -0.39 is 4.92 Å². The summed E-state index contributed by atoms with van der Waals surface area (Å²) in [5.74, 6) is -0.222. The molecule has 0 N–H and O–H groups in total. The van der Waals surface area contributed by atoms with Crippen molar-refractivity contribution in [3.63, 3.8) is 0 Å². The lowest BCUT2D eigenvalue weighted by atomic mass is 9.97. The van der Waals surface area contributed by atoms with Crippen molar-refractivity contribution < 1.29 is 19.2 Å². The Hall–Kier alpha value is -2.45. The van der Waals surface area contributed by atoms with E-state index >= 15 is 0 Å². The lowest BCUT2D eigenvalue weighted by Gasteiger charge is -2.31. The summed E-state index contributed by atoms with van der Waals surface area (Å²) in [6.07, 6.45) is 2.38. The Morgan fingerprint density at radius 2 is 2.14 bits per heavy atom. The van der Waals surface area contributed by atoms with Crippen LogP contribution in [0.15, 0.2) is 6.33 Å². The van der Waals surface area contributed by atoms with Gasteiger partial charge < -0.3 is 14.4 Å². The fraction of sp³-hybridized carbons (Fsp3) is 0.615. The van der Waals surface area contributed by atoms with Crippen LogP contribution < -0.4 is 9.64 Å². The minimum Gasteiger partial charge on any atom is -0.473 e. The number of methoxy groups -OCH3 is 1. The summed E-state index contributed by atoms with van der Waals surface area (Å²) in [5, 5.41) is 11.3. The Morgan fingerprint density at radius 1 is 1.45 bits per heavy atom. The molecule has 9 nitrogen and oxygen atoms in total. The summed E-state index contributed by atoms with van der Waals surface area (Å²) in [5.41, 5.74) is -0.235. The van der Waals surface area contributed by atoms with Gasteiger partial charge in [0.05, 0.1) is 24.6 Å². The molecule has 1 saturated heterocycles. The third kappa shape index (κ3) is 3.23. The zero-order valence-electron chi connectivity index (χ0n) is 12.5. The molecule has 1 aromatic heterocycles. The number of hydrogen-bond donors (Lipinski definition) is 0. The van der Waals surface area contributed by atoms with Gasteiger partial charge >= 0.3 is 11.7 Å². The van der Waals surface area contributed by atoms with Crippen LogP contribution in [0, 0.1) is 16.0 Å². The first-order valence-corrected chi connectivity index (χ1v) is 7.03. The predicted molar refractivity (Wildman–Crippen MR) is 76.8 cm³/mol. The molecule has 9 heteroatoms. The molecule has 0 atom stereocenters. The second kappa shape index (κ2) is 7.01. The van der Waals surface area contributed by atoms with E-state index in [1.54, 1.807) is 11.8 Å². The van der Waals surface area contributed by atoms with Gasteiger partial charge in [0, 0.05) is 13.1 Å². The molecule has 0 aromatic carbocycles. The van der Waals surface area contributed by atoms with Crippen LogP contribution in [0.4, 0.5) is 11.5 Å². The van der Waals surface area contributed by atoms with Crippen LogP contribution >= 0.6 is 0 Å². The molecule has 0 spiro atoms. The summed E-state index contributed by atoms with van der Waals surface area (Å²) < 4.78 is 9.95. The third-order valence-electron chi connectivity index (χ3n) is 3.56. The number of aromatic nitrogens is 2. The lowest BCUT2D eigenvalue weighted by Crippen LogP contribution is -2.37. The average molecular weight is 310 g/mol. The minimum atomic E-state index is -0.535. The van der Waals surface area contributed by atoms with Crippen molar-refractivity contribution >= 4 is 17.5 Å². The van der Waals surface area contributed by atoms with Crippen LogP contribution in [0.5, 0.6) is 5.88 Å². The minimum absolute atomic E-state index is 0.0346. The monoisotopic (exact) mass is 310 g/mol. The maximum absolute atomic E-state index is 11.5. The van der Waals surface area contributed by atoms with Crippen molar-refractivity contribution in [2.24, 2.45) is 5.92 Å². The maximum atomic E-state index is 11.5. The first-order valence-electron chi connectivity index (χ1n) is 7.03. The van der Waals surface area contributed by atoms with Gasteiger partial charge in [-0.3, -0.25) is 14.9 Å². The number of ether oxygens (including phenoxy) is 2. The van der Waals surface area contributed by atoms with Crippen molar-refractivity contribution in [2.45, 2.75) is 19.8 Å². The Bertz CT molecular complexity index is 557. The number of hydrogen-bond acceptors (Lipinski definition) is 8. The SMILES string of the molecule is CCOc1ncnc(N2CCC(C(=O)OC)CC2)c1[N+](=O)[O-]. The summed E-state index contributed by atoms with van der Waals surface area (Å²) in [4.78, 5) is 32.0. The summed E-state index contributed by atoms with van der Waals surface area (Å²) >= 11 is 0. The maximum Gasteiger partial charge on any atom is 0.372 e. The van der Waals surface area contributed by atoms with E-state index in [0.717, 1.165) is 0 Å². The van der Waals surface area contributed by atoms with Gasteiger partial charge in [-0.05, 0) is 19.8 Å². The number of nitrogens with zero attached hydrogens (tertiary/aromatic N) is 4. The number of nitro groups is 1. The molecule has 0 amide bonds. The fourth-order valence-electron chi connectivity index (χ4n) is 2.48. The van der Waals surface area contributed by atoms with E-state index in [-0.39, 0.29) is 35.9 Å². The number of carbonyl (C=O) groups excluding carboxylic acids is 1.